The number of aromatic nitrogens is 2. The maximum Gasteiger partial charge on any atom is 0.371 e. The lowest BCUT2D eigenvalue weighted by Crippen LogP contribution is -2.25. The maximum absolute atomic E-state index is 13.4. The van der Waals surface area contributed by atoms with Crippen molar-refractivity contribution in [3.63, 3.8) is 0 Å². The van der Waals surface area contributed by atoms with E-state index in [0.29, 0.717) is 23.4 Å². The summed E-state index contributed by atoms with van der Waals surface area (Å²) < 4.78 is 6.92. The summed E-state index contributed by atoms with van der Waals surface area (Å²) in [5.74, 6) is -0.211. The molecule has 0 amide bonds. The lowest BCUT2D eigenvalue weighted by atomic mass is 10.1. The van der Waals surface area contributed by atoms with Crippen molar-refractivity contribution in [1.82, 2.24) is 9.55 Å². The molecule has 4 heterocycles. The summed E-state index contributed by atoms with van der Waals surface area (Å²) in [5.41, 5.74) is 0.808. The summed E-state index contributed by atoms with van der Waals surface area (Å²) in [7, 11) is 0. The van der Waals surface area contributed by atoms with Crippen LogP contribution in [-0.4, -0.2) is 20.6 Å². The molecule has 4 aromatic rings. The number of fused-ring (bicyclic) bond motifs is 1. The second-order valence-corrected chi connectivity index (χ2v) is 8.19. The lowest BCUT2D eigenvalue weighted by Gasteiger charge is -2.10. The van der Waals surface area contributed by atoms with Gasteiger partial charge < -0.3 is 9.52 Å². The molecule has 0 bridgehead atoms. The molecular formula is C19H16N2O4S2. The van der Waals surface area contributed by atoms with Crippen LogP contribution in [0.4, 0.5) is 0 Å². The number of hydrogen-bond acceptors (Lipinski definition) is 6. The second-order valence-electron chi connectivity index (χ2n) is 6.03. The van der Waals surface area contributed by atoms with Crippen LogP contribution < -0.4 is 5.56 Å². The summed E-state index contributed by atoms with van der Waals surface area (Å²) in [6, 6.07) is 6.94. The number of carboxylic acids is 1. The van der Waals surface area contributed by atoms with Gasteiger partial charge in [0.15, 0.2) is 0 Å². The monoisotopic (exact) mass is 400 g/mol. The molecule has 138 valence electrons. The van der Waals surface area contributed by atoms with Gasteiger partial charge in [-0.15, -0.1) is 22.7 Å². The third-order valence-corrected chi connectivity index (χ3v) is 6.22. The number of nitrogens with zero attached hydrogens (tertiary/aromatic N) is 2. The van der Waals surface area contributed by atoms with Crippen LogP contribution in [0.1, 0.15) is 33.9 Å². The number of hydrogen-bond donors (Lipinski definition) is 1. The fourth-order valence-corrected chi connectivity index (χ4v) is 5.07. The molecule has 0 radical (unpaired) electrons. The van der Waals surface area contributed by atoms with Crippen LogP contribution in [0.5, 0.6) is 0 Å². The van der Waals surface area contributed by atoms with Gasteiger partial charge in [-0.05, 0) is 30.5 Å². The predicted molar refractivity (Wildman–Crippen MR) is 106 cm³/mol. The highest BCUT2D eigenvalue weighted by Crippen LogP contribution is 2.38. The second kappa shape index (κ2) is 6.79. The summed E-state index contributed by atoms with van der Waals surface area (Å²) >= 11 is 3.12. The molecule has 0 unspecified atom stereocenters. The Morgan fingerprint density at radius 2 is 2.15 bits per heavy atom. The topological polar surface area (TPSA) is 85.3 Å². The van der Waals surface area contributed by atoms with E-state index in [2.05, 4.69) is 0 Å². The van der Waals surface area contributed by atoms with Gasteiger partial charge in [0.1, 0.15) is 16.4 Å². The molecule has 0 aliphatic carbocycles. The average molecular weight is 400 g/mol. The van der Waals surface area contributed by atoms with Crippen molar-refractivity contribution in [2.75, 3.05) is 0 Å². The van der Waals surface area contributed by atoms with Crippen molar-refractivity contribution in [1.29, 1.82) is 0 Å². The normalized spacial score (nSPS) is 11.3. The molecule has 0 fully saturated rings. The Morgan fingerprint density at radius 1 is 1.33 bits per heavy atom. The van der Waals surface area contributed by atoms with Crippen molar-refractivity contribution in [3.05, 3.63) is 62.2 Å². The first-order valence-corrected chi connectivity index (χ1v) is 10.1. The van der Waals surface area contributed by atoms with Crippen LogP contribution >= 0.6 is 22.7 Å². The van der Waals surface area contributed by atoms with E-state index < -0.39 is 5.97 Å². The Labute approximate surface area is 162 Å². The van der Waals surface area contributed by atoms with Gasteiger partial charge in [0.05, 0.1) is 11.9 Å². The molecule has 0 aliphatic heterocycles. The number of rotatable bonds is 5. The van der Waals surface area contributed by atoms with Crippen LogP contribution in [-0.2, 0) is 13.0 Å². The first-order chi connectivity index (χ1) is 13.0. The molecule has 4 aromatic heterocycles. The zero-order valence-corrected chi connectivity index (χ0v) is 16.3. The van der Waals surface area contributed by atoms with E-state index in [0.717, 1.165) is 20.1 Å². The van der Waals surface area contributed by atoms with Gasteiger partial charge in [-0.1, -0.05) is 13.0 Å². The number of aromatic carboxylic acids is 1. The van der Waals surface area contributed by atoms with Crippen LogP contribution in [0.3, 0.4) is 0 Å². The summed E-state index contributed by atoms with van der Waals surface area (Å²) in [4.78, 5) is 31.9. The Balaban J connectivity index is 1.91. The van der Waals surface area contributed by atoms with E-state index in [-0.39, 0.29) is 17.9 Å². The molecule has 0 atom stereocenters. The minimum absolute atomic E-state index is 0.127. The van der Waals surface area contributed by atoms with Gasteiger partial charge in [-0.25, -0.2) is 9.78 Å². The van der Waals surface area contributed by atoms with Crippen molar-refractivity contribution in [2.24, 2.45) is 0 Å². The van der Waals surface area contributed by atoms with Crippen LogP contribution in [0.25, 0.3) is 20.7 Å². The Morgan fingerprint density at radius 3 is 2.78 bits per heavy atom. The summed E-state index contributed by atoms with van der Waals surface area (Å²) in [6.07, 6.45) is 0.586. The zero-order valence-electron chi connectivity index (χ0n) is 14.7. The number of carboxylic acid groups (broad SMARTS) is 1. The molecule has 0 aromatic carbocycles. The van der Waals surface area contributed by atoms with E-state index in [1.165, 1.54) is 17.4 Å². The molecule has 0 spiro atoms. The fourth-order valence-electron chi connectivity index (χ4n) is 3.12. The molecule has 8 heteroatoms. The van der Waals surface area contributed by atoms with Crippen molar-refractivity contribution in [3.8, 4) is 10.4 Å². The summed E-state index contributed by atoms with van der Waals surface area (Å²) in [6.45, 7) is 4.09. The van der Waals surface area contributed by atoms with E-state index in [9.17, 15) is 9.59 Å². The van der Waals surface area contributed by atoms with E-state index in [4.69, 9.17) is 14.5 Å². The molecule has 6 nitrogen and oxygen atoms in total. The van der Waals surface area contributed by atoms with Crippen molar-refractivity contribution in [2.45, 2.75) is 26.8 Å². The first-order valence-electron chi connectivity index (χ1n) is 8.38. The Bertz CT molecular complexity index is 1200. The van der Waals surface area contributed by atoms with Gasteiger partial charge in [0.25, 0.3) is 5.56 Å². The van der Waals surface area contributed by atoms with Gasteiger partial charge in [-0.2, -0.15) is 0 Å². The SMILES string of the molecule is CCc1nc2sc(C)c(-c3cccs3)c2c(=O)n1Cc1ccc(C(=O)O)o1. The molecule has 1 N–H and O–H groups in total. The minimum atomic E-state index is -1.13. The highest BCUT2D eigenvalue weighted by atomic mass is 32.1. The standard InChI is InChI=1S/C19H16N2O4S2/c1-3-14-20-17-16(15(10(2)27-17)13-5-4-8-26-13)18(22)21(14)9-11-6-7-12(25-11)19(23)24/h4-8H,3,9H2,1-2H3,(H,23,24). The van der Waals surface area contributed by atoms with E-state index >= 15 is 0 Å². The van der Waals surface area contributed by atoms with Gasteiger partial charge in [0.2, 0.25) is 5.76 Å². The van der Waals surface area contributed by atoms with Crippen molar-refractivity contribution >= 4 is 38.9 Å². The number of carbonyl (C=O) groups is 1. The quantitative estimate of drug-likeness (QED) is 0.537. The highest BCUT2D eigenvalue weighted by molar-refractivity contribution is 7.20. The maximum atomic E-state index is 13.4. The third kappa shape index (κ3) is 3.00. The molecule has 0 saturated carbocycles. The molecular weight excluding hydrogens is 384 g/mol. The van der Waals surface area contributed by atoms with Gasteiger partial charge >= 0.3 is 5.97 Å². The number of aryl methyl sites for hydroxylation is 2. The van der Waals surface area contributed by atoms with Crippen LogP contribution in [0, 0.1) is 6.92 Å². The van der Waals surface area contributed by atoms with Gasteiger partial charge in [0, 0.05) is 21.7 Å². The van der Waals surface area contributed by atoms with E-state index in [1.807, 2.05) is 31.4 Å². The Hall–Kier alpha value is -2.71. The van der Waals surface area contributed by atoms with Crippen LogP contribution in [0.15, 0.2) is 38.9 Å². The third-order valence-electron chi connectivity index (χ3n) is 4.34. The first kappa shape index (κ1) is 17.7. The molecule has 0 aliphatic rings. The number of thiophene rings is 2. The smallest absolute Gasteiger partial charge is 0.371 e. The zero-order chi connectivity index (χ0) is 19.1. The predicted octanol–water partition coefficient (Wildman–Crippen LogP) is 4.40. The average Bonchev–Trinajstić information content (AvgIpc) is 3.36. The van der Waals surface area contributed by atoms with Crippen LogP contribution in [0.2, 0.25) is 0 Å². The van der Waals surface area contributed by atoms with Gasteiger partial charge in [-0.3, -0.25) is 9.36 Å². The lowest BCUT2D eigenvalue weighted by molar-refractivity contribution is 0.0660. The summed E-state index contributed by atoms with van der Waals surface area (Å²) in [5, 5.41) is 11.6. The molecule has 0 saturated heterocycles. The highest BCUT2D eigenvalue weighted by Gasteiger charge is 2.20. The molecule has 4 rings (SSSR count). The van der Waals surface area contributed by atoms with Crippen molar-refractivity contribution < 1.29 is 14.3 Å². The van der Waals surface area contributed by atoms with E-state index in [1.54, 1.807) is 22.0 Å². The Kier molecular flexibility index (Phi) is 4.45. The molecule has 27 heavy (non-hydrogen) atoms. The largest absolute Gasteiger partial charge is 0.475 e. The number of furan rings is 1. The fraction of sp³-hybridized carbons (Fsp3) is 0.211. The minimum Gasteiger partial charge on any atom is -0.475 e.